The van der Waals surface area contributed by atoms with Crippen molar-refractivity contribution >= 4 is 33.7 Å². The van der Waals surface area contributed by atoms with E-state index in [9.17, 15) is 14.9 Å². The Kier molecular flexibility index (Phi) is 7.72. The van der Waals surface area contributed by atoms with Gasteiger partial charge in [-0.05, 0) is 29.8 Å². The lowest BCUT2D eigenvalue weighted by molar-refractivity contribution is -0.385. The monoisotopic (exact) mass is 483 g/mol. The molecule has 0 unspecified atom stereocenters. The number of rotatable bonds is 9. The van der Waals surface area contributed by atoms with E-state index in [2.05, 4.69) is 26.5 Å². The molecule has 0 aliphatic heterocycles. The Balaban J connectivity index is 1.58. The maximum Gasteiger partial charge on any atom is 0.310 e. The summed E-state index contributed by atoms with van der Waals surface area (Å²) in [4.78, 5) is 22.4. The first-order valence-corrected chi connectivity index (χ1v) is 9.96. The minimum Gasteiger partial charge on any atom is -0.488 e. The van der Waals surface area contributed by atoms with Crippen molar-refractivity contribution in [3.63, 3.8) is 0 Å². The SMILES string of the molecule is O=C(COc1ccccc1[N+](=O)[O-])N/N=C\c1cc(Br)ccc1OCc1ccccc1. The topological polar surface area (TPSA) is 103 Å². The van der Waals surface area contributed by atoms with Gasteiger partial charge < -0.3 is 9.47 Å². The van der Waals surface area contributed by atoms with Crippen LogP contribution in [0.25, 0.3) is 0 Å². The summed E-state index contributed by atoms with van der Waals surface area (Å²) in [5.74, 6) is 0.0487. The van der Waals surface area contributed by atoms with E-state index in [1.165, 1.54) is 24.4 Å². The molecule has 0 aromatic heterocycles. The van der Waals surface area contributed by atoms with Crippen LogP contribution in [-0.2, 0) is 11.4 Å². The van der Waals surface area contributed by atoms with Crippen LogP contribution in [-0.4, -0.2) is 23.7 Å². The van der Waals surface area contributed by atoms with E-state index >= 15 is 0 Å². The highest BCUT2D eigenvalue weighted by Gasteiger charge is 2.14. The zero-order valence-corrected chi connectivity index (χ0v) is 17.8. The Morgan fingerprint density at radius 1 is 1.03 bits per heavy atom. The van der Waals surface area contributed by atoms with Crippen LogP contribution in [0.15, 0.2) is 82.4 Å². The summed E-state index contributed by atoms with van der Waals surface area (Å²) in [6, 6.07) is 21.0. The number of para-hydroxylation sites is 2. The van der Waals surface area contributed by atoms with Gasteiger partial charge in [0.25, 0.3) is 5.91 Å². The molecule has 0 radical (unpaired) electrons. The van der Waals surface area contributed by atoms with Crippen LogP contribution in [0.4, 0.5) is 5.69 Å². The number of hydrogen-bond donors (Lipinski definition) is 1. The number of nitro groups is 1. The van der Waals surface area contributed by atoms with Crippen LogP contribution in [0.2, 0.25) is 0 Å². The Bertz CT molecular complexity index is 1090. The molecule has 0 saturated heterocycles. The van der Waals surface area contributed by atoms with Crippen LogP contribution in [0.5, 0.6) is 11.5 Å². The number of hydrazone groups is 1. The van der Waals surface area contributed by atoms with Crippen molar-refractivity contribution < 1.29 is 19.2 Å². The Morgan fingerprint density at radius 2 is 1.77 bits per heavy atom. The van der Waals surface area contributed by atoms with E-state index in [0.29, 0.717) is 17.9 Å². The van der Waals surface area contributed by atoms with Crippen LogP contribution in [0, 0.1) is 10.1 Å². The number of nitrogens with zero attached hydrogens (tertiary/aromatic N) is 2. The van der Waals surface area contributed by atoms with Gasteiger partial charge in [-0.25, -0.2) is 5.43 Å². The van der Waals surface area contributed by atoms with Crippen molar-refractivity contribution in [3.8, 4) is 11.5 Å². The largest absolute Gasteiger partial charge is 0.488 e. The van der Waals surface area contributed by atoms with Crippen molar-refractivity contribution in [1.82, 2.24) is 5.43 Å². The average Bonchev–Trinajstić information content (AvgIpc) is 2.78. The molecular weight excluding hydrogens is 466 g/mol. The summed E-state index contributed by atoms with van der Waals surface area (Å²) >= 11 is 3.40. The van der Waals surface area contributed by atoms with E-state index in [1.54, 1.807) is 18.2 Å². The number of nitrogens with one attached hydrogen (secondary N) is 1. The van der Waals surface area contributed by atoms with Crippen molar-refractivity contribution in [3.05, 3.63) is 98.5 Å². The first-order chi connectivity index (χ1) is 15.0. The summed E-state index contributed by atoms with van der Waals surface area (Å²) in [6.07, 6.45) is 1.45. The van der Waals surface area contributed by atoms with Crippen molar-refractivity contribution in [1.29, 1.82) is 0 Å². The quantitative estimate of drug-likeness (QED) is 0.274. The van der Waals surface area contributed by atoms with Crippen LogP contribution >= 0.6 is 15.9 Å². The van der Waals surface area contributed by atoms with E-state index in [0.717, 1.165) is 10.0 Å². The van der Waals surface area contributed by atoms with Crippen LogP contribution < -0.4 is 14.9 Å². The molecule has 8 nitrogen and oxygen atoms in total. The van der Waals surface area contributed by atoms with Crippen LogP contribution in [0.3, 0.4) is 0 Å². The van der Waals surface area contributed by atoms with E-state index in [4.69, 9.17) is 9.47 Å². The van der Waals surface area contributed by atoms with Crippen molar-refractivity contribution in [2.24, 2.45) is 5.10 Å². The summed E-state index contributed by atoms with van der Waals surface area (Å²) in [5.41, 5.74) is 3.80. The Labute approximate surface area is 186 Å². The molecule has 31 heavy (non-hydrogen) atoms. The van der Waals surface area contributed by atoms with Gasteiger partial charge in [-0.15, -0.1) is 0 Å². The number of amides is 1. The number of hydrogen-bond acceptors (Lipinski definition) is 6. The second kappa shape index (κ2) is 10.9. The fourth-order valence-corrected chi connectivity index (χ4v) is 2.95. The Hall–Kier alpha value is -3.72. The predicted molar refractivity (Wildman–Crippen MR) is 119 cm³/mol. The van der Waals surface area contributed by atoms with E-state index in [-0.39, 0.29) is 11.4 Å². The third-order valence-electron chi connectivity index (χ3n) is 4.02. The van der Waals surface area contributed by atoms with Gasteiger partial charge in [0.15, 0.2) is 12.4 Å². The van der Waals surface area contributed by atoms with E-state index in [1.807, 2.05) is 36.4 Å². The molecule has 0 aliphatic rings. The normalized spacial score (nSPS) is 10.6. The first-order valence-electron chi connectivity index (χ1n) is 9.17. The molecule has 0 heterocycles. The van der Waals surface area contributed by atoms with Gasteiger partial charge in [-0.3, -0.25) is 14.9 Å². The Morgan fingerprint density at radius 3 is 2.55 bits per heavy atom. The lowest BCUT2D eigenvalue weighted by Gasteiger charge is -2.10. The highest BCUT2D eigenvalue weighted by Crippen LogP contribution is 2.25. The maximum absolute atomic E-state index is 12.0. The molecule has 0 fully saturated rings. The molecule has 0 bridgehead atoms. The second-order valence-corrected chi connectivity index (χ2v) is 7.18. The third kappa shape index (κ3) is 6.65. The molecular formula is C22H18BrN3O5. The average molecular weight is 484 g/mol. The molecule has 0 saturated carbocycles. The lowest BCUT2D eigenvalue weighted by atomic mass is 10.2. The molecule has 9 heteroatoms. The summed E-state index contributed by atoms with van der Waals surface area (Å²) in [7, 11) is 0. The predicted octanol–water partition coefficient (Wildman–Crippen LogP) is 4.47. The van der Waals surface area contributed by atoms with Gasteiger partial charge in [-0.2, -0.15) is 5.10 Å². The third-order valence-corrected chi connectivity index (χ3v) is 4.52. The smallest absolute Gasteiger partial charge is 0.310 e. The highest BCUT2D eigenvalue weighted by atomic mass is 79.9. The van der Waals surface area contributed by atoms with Gasteiger partial charge in [0.2, 0.25) is 0 Å². The molecule has 0 spiro atoms. The van der Waals surface area contributed by atoms with Gasteiger partial charge in [-0.1, -0.05) is 58.4 Å². The zero-order valence-electron chi connectivity index (χ0n) is 16.2. The fraction of sp³-hybridized carbons (Fsp3) is 0.0909. The van der Waals surface area contributed by atoms with Gasteiger partial charge in [0, 0.05) is 16.1 Å². The highest BCUT2D eigenvalue weighted by molar-refractivity contribution is 9.10. The number of carbonyl (C=O) groups excluding carboxylic acids is 1. The molecule has 1 amide bonds. The number of halogens is 1. The standard InChI is InChI=1S/C22H18BrN3O5/c23-18-10-11-20(30-14-16-6-2-1-3-7-16)17(12-18)13-24-25-22(27)15-31-21-9-5-4-8-19(21)26(28)29/h1-13H,14-15H2,(H,25,27)/b24-13-. The van der Waals surface area contributed by atoms with Gasteiger partial charge in [0.1, 0.15) is 12.4 Å². The number of carbonyl (C=O) groups is 1. The minimum absolute atomic E-state index is 0.00946. The molecule has 0 atom stereocenters. The summed E-state index contributed by atoms with van der Waals surface area (Å²) in [6.45, 7) is -0.0303. The minimum atomic E-state index is -0.574. The van der Waals surface area contributed by atoms with Crippen molar-refractivity contribution in [2.75, 3.05) is 6.61 Å². The molecule has 0 aliphatic carbocycles. The van der Waals surface area contributed by atoms with Crippen LogP contribution in [0.1, 0.15) is 11.1 Å². The fourth-order valence-electron chi connectivity index (χ4n) is 2.57. The van der Waals surface area contributed by atoms with Crippen molar-refractivity contribution in [2.45, 2.75) is 6.61 Å². The molecule has 3 rings (SSSR count). The summed E-state index contributed by atoms with van der Waals surface area (Å²) in [5, 5.41) is 14.9. The second-order valence-electron chi connectivity index (χ2n) is 6.26. The lowest BCUT2D eigenvalue weighted by Crippen LogP contribution is -2.24. The van der Waals surface area contributed by atoms with Gasteiger partial charge >= 0.3 is 5.69 Å². The maximum atomic E-state index is 12.0. The first kappa shape index (κ1) is 22.0. The van der Waals surface area contributed by atoms with E-state index < -0.39 is 17.4 Å². The molecule has 158 valence electrons. The zero-order chi connectivity index (χ0) is 22.1. The number of ether oxygens (including phenoxy) is 2. The summed E-state index contributed by atoms with van der Waals surface area (Å²) < 4.78 is 11.9. The molecule has 3 aromatic rings. The molecule has 1 N–H and O–H groups in total. The number of benzene rings is 3. The number of nitro benzene ring substituents is 1. The van der Waals surface area contributed by atoms with Gasteiger partial charge in [0.05, 0.1) is 11.1 Å². The molecule has 3 aromatic carbocycles.